The molecule has 0 N–H and O–H groups in total. The van der Waals surface area contributed by atoms with Gasteiger partial charge in [0.2, 0.25) is 0 Å². The van der Waals surface area contributed by atoms with E-state index in [0.717, 1.165) is 68.0 Å². The average Bonchev–Trinajstić information content (AvgIpc) is 2.86. The van der Waals surface area contributed by atoms with E-state index in [1.54, 1.807) is 6.07 Å². The van der Waals surface area contributed by atoms with E-state index in [1.165, 1.54) is 18.2 Å². The molecule has 0 aliphatic carbocycles. The van der Waals surface area contributed by atoms with Gasteiger partial charge in [-0.3, -0.25) is 0 Å². The summed E-state index contributed by atoms with van der Waals surface area (Å²) in [6.45, 7) is 2.13. The topological polar surface area (TPSA) is 0 Å². The molecule has 0 atom stereocenters. The zero-order valence-corrected chi connectivity index (χ0v) is 20.7. The number of hydrogen-bond donors (Lipinski definition) is 0. The first-order chi connectivity index (χ1) is 18.2. The molecule has 198 valence electrons. The Morgan fingerprint density at radius 1 is 0.684 bits per heavy atom. The number of halogens is 7. The van der Waals surface area contributed by atoms with E-state index >= 15 is 8.78 Å². The van der Waals surface area contributed by atoms with Crippen LogP contribution in [0, 0.1) is 29.1 Å². The van der Waals surface area contributed by atoms with Gasteiger partial charge in [-0.2, -0.15) is 8.78 Å². The maximum atomic E-state index is 15.1. The molecule has 4 rings (SSSR count). The Kier molecular flexibility index (Phi) is 8.55. The lowest BCUT2D eigenvalue weighted by atomic mass is 9.95. The Bertz CT molecular complexity index is 1480. The van der Waals surface area contributed by atoms with E-state index in [0.29, 0.717) is 6.42 Å². The molecular formula is C31H25F7. The summed E-state index contributed by atoms with van der Waals surface area (Å²) in [5.41, 5.74) is -0.512. The molecule has 0 spiro atoms. The second-order valence-electron chi connectivity index (χ2n) is 9.25. The van der Waals surface area contributed by atoms with Crippen molar-refractivity contribution in [3.63, 3.8) is 0 Å². The minimum Gasteiger partial charge on any atom is -0.206 e. The van der Waals surface area contributed by atoms with Crippen molar-refractivity contribution in [2.45, 2.75) is 45.4 Å². The van der Waals surface area contributed by atoms with E-state index < -0.39 is 46.3 Å². The highest BCUT2D eigenvalue weighted by molar-refractivity contribution is 5.90. The average molecular weight is 531 g/mol. The van der Waals surface area contributed by atoms with Gasteiger partial charge >= 0.3 is 0 Å². The van der Waals surface area contributed by atoms with Gasteiger partial charge in [-0.15, -0.1) is 0 Å². The van der Waals surface area contributed by atoms with Gasteiger partial charge in [0.1, 0.15) is 29.1 Å². The van der Waals surface area contributed by atoms with Gasteiger partial charge in [0.15, 0.2) is 0 Å². The number of unbranched alkanes of at least 4 members (excludes halogenated alkanes) is 4. The van der Waals surface area contributed by atoms with Crippen LogP contribution in [-0.2, 0) is 6.42 Å². The van der Waals surface area contributed by atoms with Crippen LogP contribution < -0.4 is 0 Å². The van der Waals surface area contributed by atoms with E-state index in [1.807, 2.05) is 0 Å². The van der Waals surface area contributed by atoms with E-state index in [-0.39, 0.29) is 33.5 Å². The summed E-state index contributed by atoms with van der Waals surface area (Å²) < 4.78 is 99.1. The lowest BCUT2D eigenvalue weighted by Crippen LogP contribution is -1.96. The van der Waals surface area contributed by atoms with Crippen molar-refractivity contribution >= 4 is 16.8 Å². The third kappa shape index (κ3) is 5.93. The highest BCUT2D eigenvalue weighted by Gasteiger charge is 2.19. The summed E-state index contributed by atoms with van der Waals surface area (Å²) >= 11 is 0. The fourth-order valence-electron chi connectivity index (χ4n) is 4.63. The minimum atomic E-state index is -2.27. The quantitative estimate of drug-likeness (QED) is 0.149. The van der Waals surface area contributed by atoms with Crippen molar-refractivity contribution < 1.29 is 30.7 Å². The summed E-state index contributed by atoms with van der Waals surface area (Å²) in [5.74, 6) is -5.02. The van der Waals surface area contributed by atoms with E-state index in [2.05, 4.69) is 6.92 Å². The lowest BCUT2D eigenvalue weighted by molar-refractivity contribution is 0.428. The van der Waals surface area contributed by atoms with Gasteiger partial charge in [-0.25, -0.2) is 22.0 Å². The molecule has 0 fully saturated rings. The molecule has 0 nitrogen and oxygen atoms in total. The minimum absolute atomic E-state index is 0.0123. The fourth-order valence-corrected chi connectivity index (χ4v) is 4.63. The van der Waals surface area contributed by atoms with Gasteiger partial charge in [0.05, 0.1) is 11.1 Å². The van der Waals surface area contributed by atoms with Gasteiger partial charge in [0, 0.05) is 17.0 Å². The van der Waals surface area contributed by atoms with Gasteiger partial charge in [-0.1, -0.05) is 56.9 Å². The Morgan fingerprint density at radius 2 is 1.39 bits per heavy atom. The normalized spacial score (nSPS) is 11.3. The van der Waals surface area contributed by atoms with Crippen LogP contribution in [0.2, 0.25) is 0 Å². The zero-order valence-electron chi connectivity index (χ0n) is 20.7. The monoisotopic (exact) mass is 530 g/mol. The van der Waals surface area contributed by atoms with Crippen molar-refractivity contribution in [1.82, 2.24) is 0 Å². The van der Waals surface area contributed by atoms with Crippen LogP contribution in [0.3, 0.4) is 0 Å². The van der Waals surface area contributed by atoms with Crippen LogP contribution in [-0.4, -0.2) is 0 Å². The molecule has 0 saturated carbocycles. The largest absolute Gasteiger partial charge is 0.271 e. The summed E-state index contributed by atoms with van der Waals surface area (Å²) in [4.78, 5) is 0. The second-order valence-corrected chi connectivity index (χ2v) is 9.25. The van der Waals surface area contributed by atoms with Crippen LogP contribution in [0.15, 0.2) is 60.7 Å². The molecule has 0 amide bonds. The Morgan fingerprint density at radius 3 is 2.05 bits per heavy atom. The molecule has 0 aliphatic rings. The molecule has 0 heterocycles. The predicted molar refractivity (Wildman–Crippen MR) is 137 cm³/mol. The maximum absolute atomic E-state index is 15.1. The van der Waals surface area contributed by atoms with Crippen molar-refractivity contribution in [2.75, 3.05) is 0 Å². The van der Waals surface area contributed by atoms with E-state index in [4.69, 9.17) is 0 Å². The first kappa shape index (κ1) is 27.4. The SMILES string of the molecule is CCCCCCCc1ccc(-c2cc(F)c(-c3ccc4c(F)c(C=C(F)F)c(F)cc4c3)c(F)c2)c(F)c1. The number of rotatable bonds is 9. The molecule has 0 aromatic heterocycles. The Balaban J connectivity index is 1.64. The number of fused-ring (bicyclic) bond motifs is 1. The summed E-state index contributed by atoms with van der Waals surface area (Å²) in [7, 11) is 0. The Labute approximate surface area is 216 Å². The summed E-state index contributed by atoms with van der Waals surface area (Å²) in [6, 6.07) is 11.0. The zero-order chi connectivity index (χ0) is 27.4. The summed E-state index contributed by atoms with van der Waals surface area (Å²) in [6.07, 6.45) is 3.93. The molecular weight excluding hydrogens is 505 g/mol. The summed E-state index contributed by atoms with van der Waals surface area (Å²) in [5, 5.41) is -0.249. The van der Waals surface area contributed by atoms with Crippen LogP contribution in [0.4, 0.5) is 30.7 Å². The molecule has 0 saturated heterocycles. The van der Waals surface area contributed by atoms with E-state index in [9.17, 15) is 22.0 Å². The third-order valence-electron chi connectivity index (χ3n) is 6.56. The molecule has 4 aromatic rings. The molecule has 0 radical (unpaired) electrons. The molecule has 38 heavy (non-hydrogen) atoms. The first-order valence-corrected chi connectivity index (χ1v) is 12.4. The van der Waals surface area contributed by atoms with Crippen LogP contribution in [0.1, 0.15) is 50.2 Å². The van der Waals surface area contributed by atoms with Crippen molar-refractivity contribution in [3.8, 4) is 22.3 Å². The second kappa shape index (κ2) is 11.8. The molecule has 0 bridgehead atoms. The van der Waals surface area contributed by atoms with Crippen molar-refractivity contribution in [3.05, 3.63) is 101 Å². The highest BCUT2D eigenvalue weighted by Crippen LogP contribution is 2.35. The molecule has 0 aliphatic heterocycles. The van der Waals surface area contributed by atoms with Crippen molar-refractivity contribution in [2.24, 2.45) is 0 Å². The smallest absolute Gasteiger partial charge is 0.206 e. The highest BCUT2D eigenvalue weighted by atomic mass is 19.3. The molecule has 0 unspecified atom stereocenters. The van der Waals surface area contributed by atoms with Gasteiger partial charge in [0.25, 0.3) is 6.08 Å². The molecule has 4 aromatic carbocycles. The van der Waals surface area contributed by atoms with Gasteiger partial charge < -0.3 is 0 Å². The van der Waals surface area contributed by atoms with Crippen LogP contribution in [0.25, 0.3) is 39.1 Å². The molecule has 7 heteroatoms. The van der Waals surface area contributed by atoms with Crippen molar-refractivity contribution in [1.29, 1.82) is 0 Å². The first-order valence-electron chi connectivity index (χ1n) is 12.4. The van der Waals surface area contributed by atoms with Crippen LogP contribution >= 0.6 is 0 Å². The third-order valence-corrected chi connectivity index (χ3v) is 6.56. The Hall–Kier alpha value is -3.61. The standard InChI is InChI=1S/C31H25F7/c1-2-3-4-5-6-7-18-8-10-22(25(32)12-18)21-15-27(34)30(28(35)16-21)19-9-11-23-20(13-19)14-26(33)24(31(23)38)17-29(36)37/h8-17H,2-7H2,1H3. The predicted octanol–water partition coefficient (Wildman–Crippen LogP) is 10.6. The number of benzene rings is 4. The fraction of sp³-hybridized carbons (Fsp3) is 0.226. The van der Waals surface area contributed by atoms with Gasteiger partial charge in [-0.05, 0) is 65.3 Å². The lowest BCUT2D eigenvalue weighted by Gasteiger charge is -2.12. The maximum Gasteiger partial charge on any atom is 0.271 e. The number of aryl methyl sites for hydroxylation is 1. The number of hydrogen-bond acceptors (Lipinski definition) is 0. The van der Waals surface area contributed by atoms with Crippen LogP contribution in [0.5, 0.6) is 0 Å².